The van der Waals surface area contributed by atoms with Crippen LogP contribution in [0.2, 0.25) is 0 Å². The summed E-state index contributed by atoms with van der Waals surface area (Å²) in [6.07, 6.45) is 15.3. The number of carbonyl (C=O) groups excluding carboxylic acids is 2. The van der Waals surface area contributed by atoms with Gasteiger partial charge in [0.2, 0.25) is 0 Å². The van der Waals surface area contributed by atoms with Crippen LogP contribution in [-0.2, 0) is 14.3 Å². The van der Waals surface area contributed by atoms with E-state index in [1.54, 1.807) is 0 Å². The molecule has 1 fully saturated rings. The Bertz CT molecular complexity index is 360. The van der Waals surface area contributed by atoms with E-state index >= 15 is 0 Å². The average Bonchev–Trinajstić information content (AvgIpc) is 2.59. The Kier molecular flexibility index (Phi) is 16.1. The molecule has 140 valence electrons. The van der Waals surface area contributed by atoms with Crippen LogP contribution in [0.3, 0.4) is 0 Å². The van der Waals surface area contributed by atoms with Crippen LogP contribution in [0.5, 0.6) is 0 Å². The fraction of sp³-hybridized carbons (Fsp3) is 0.900. The van der Waals surface area contributed by atoms with E-state index < -0.39 is 17.8 Å². The third-order valence-corrected chi connectivity index (χ3v) is 5.11. The van der Waals surface area contributed by atoms with E-state index in [2.05, 4.69) is 6.92 Å². The molecule has 25 heavy (non-hydrogen) atoms. The third-order valence-electron chi connectivity index (χ3n) is 5.11. The maximum Gasteiger partial charge on any atom is 1.00 e. The Morgan fingerprint density at radius 3 is 1.84 bits per heavy atom. The van der Waals surface area contributed by atoms with E-state index in [0.29, 0.717) is 19.4 Å². The van der Waals surface area contributed by atoms with E-state index in [-0.39, 0.29) is 35.5 Å². The molecule has 5 heteroatoms. The molecule has 0 N–H and O–H groups in total. The van der Waals surface area contributed by atoms with Crippen molar-refractivity contribution in [1.82, 2.24) is 0 Å². The smallest absolute Gasteiger partial charge is 0.550 e. The molecule has 0 aromatic rings. The van der Waals surface area contributed by atoms with Gasteiger partial charge in [0.05, 0.1) is 12.5 Å². The zero-order chi connectivity index (χ0) is 17.6. The van der Waals surface area contributed by atoms with Gasteiger partial charge >= 0.3 is 35.5 Å². The van der Waals surface area contributed by atoms with Crippen LogP contribution in [0.15, 0.2) is 0 Å². The first-order valence-corrected chi connectivity index (χ1v) is 10.0. The summed E-state index contributed by atoms with van der Waals surface area (Å²) in [7, 11) is 0. The largest absolute Gasteiger partial charge is 1.00 e. The number of ether oxygens (including phenoxy) is 1. The summed E-state index contributed by atoms with van der Waals surface area (Å²) in [4.78, 5) is 23.2. The van der Waals surface area contributed by atoms with E-state index in [9.17, 15) is 14.7 Å². The summed E-state index contributed by atoms with van der Waals surface area (Å²) in [6, 6.07) is 0. The molecule has 0 radical (unpaired) electrons. The van der Waals surface area contributed by atoms with E-state index in [1.165, 1.54) is 51.4 Å². The van der Waals surface area contributed by atoms with Crippen molar-refractivity contribution < 1.29 is 49.0 Å². The Labute approximate surface area is 175 Å². The minimum absolute atomic E-state index is 0. The second kappa shape index (κ2) is 16.1. The van der Waals surface area contributed by atoms with E-state index in [1.807, 2.05) is 0 Å². The number of unbranched alkanes of at least 4 members (excludes halogenated alkanes) is 9. The van der Waals surface area contributed by atoms with Crippen LogP contribution >= 0.6 is 0 Å². The van der Waals surface area contributed by atoms with Gasteiger partial charge in [0.15, 0.2) is 0 Å². The van der Waals surface area contributed by atoms with Gasteiger partial charge in [0, 0.05) is 11.9 Å². The summed E-state index contributed by atoms with van der Waals surface area (Å²) in [6.45, 7) is 2.66. The fourth-order valence-corrected chi connectivity index (χ4v) is 3.56. The minimum atomic E-state index is -1.10. The van der Waals surface area contributed by atoms with Crippen molar-refractivity contribution >= 4 is 11.9 Å². The van der Waals surface area contributed by atoms with Crippen LogP contribution in [-0.4, -0.2) is 18.5 Å². The maximum absolute atomic E-state index is 12.1. The third kappa shape index (κ3) is 11.3. The zero-order valence-electron chi connectivity index (χ0n) is 16.4. The summed E-state index contributed by atoms with van der Waals surface area (Å²) in [5.41, 5.74) is 0. The number of hydrogen-bond acceptors (Lipinski definition) is 4. The molecule has 1 aliphatic rings. The van der Waals surface area contributed by atoms with Crippen LogP contribution in [0.1, 0.15) is 96.8 Å². The first kappa shape index (κ1) is 24.9. The van der Waals surface area contributed by atoms with Gasteiger partial charge in [0.1, 0.15) is 0 Å². The predicted molar refractivity (Wildman–Crippen MR) is 93.3 cm³/mol. The maximum atomic E-state index is 12.1. The summed E-state index contributed by atoms with van der Waals surface area (Å²) >= 11 is 0. The molecule has 0 aromatic carbocycles. The predicted octanol–water partition coefficient (Wildman–Crippen LogP) is 1.01. The standard InChI is InChI=1S/C20H36O4.Na/c1-2-3-4-5-6-7-8-9-10-13-16-24-20(23)18-15-12-11-14-17(18)19(21)22;/h17-18H,2-16H2,1H3,(H,21,22);/q;+1/p-1. The molecule has 1 saturated carbocycles. The molecular weight excluding hydrogens is 327 g/mol. The van der Waals surface area contributed by atoms with Crippen molar-refractivity contribution in [2.45, 2.75) is 96.8 Å². The number of aliphatic carboxylic acids is 1. The molecule has 0 saturated heterocycles. The molecule has 0 spiro atoms. The van der Waals surface area contributed by atoms with Crippen molar-refractivity contribution in [2.24, 2.45) is 11.8 Å². The second-order valence-electron chi connectivity index (χ2n) is 7.17. The molecule has 0 bridgehead atoms. The molecule has 0 aliphatic heterocycles. The van der Waals surface area contributed by atoms with E-state index in [0.717, 1.165) is 25.7 Å². The normalized spacial score (nSPS) is 19.9. The molecule has 1 aliphatic carbocycles. The van der Waals surface area contributed by atoms with Crippen LogP contribution in [0, 0.1) is 11.8 Å². The van der Waals surface area contributed by atoms with Gasteiger partial charge in [-0.05, 0) is 19.3 Å². The van der Waals surface area contributed by atoms with Gasteiger partial charge in [-0.15, -0.1) is 0 Å². The summed E-state index contributed by atoms with van der Waals surface area (Å²) < 4.78 is 5.30. The number of esters is 1. The van der Waals surface area contributed by atoms with Crippen molar-refractivity contribution in [3.8, 4) is 0 Å². The topological polar surface area (TPSA) is 66.4 Å². The van der Waals surface area contributed by atoms with Gasteiger partial charge in [0.25, 0.3) is 0 Å². The zero-order valence-corrected chi connectivity index (χ0v) is 18.4. The van der Waals surface area contributed by atoms with Gasteiger partial charge in [-0.3, -0.25) is 4.79 Å². The van der Waals surface area contributed by atoms with Crippen molar-refractivity contribution in [3.05, 3.63) is 0 Å². The Hall–Kier alpha value is -0.0600. The molecule has 1 rings (SSSR count). The fourth-order valence-electron chi connectivity index (χ4n) is 3.56. The summed E-state index contributed by atoms with van der Waals surface area (Å²) in [5.74, 6) is -2.58. The van der Waals surface area contributed by atoms with Gasteiger partial charge in [-0.25, -0.2) is 0 Å². The van der Waals surface area contributed by atoms with Crippen molar-refractivity contribution in [1.29, 1.82) is 0 Å². The number of rotatable bonds is 13. The molecule has 0 heterocycles. The van der Waals surface area contributed by atoms with Crippen LogP contribution in [0.4, 0.5) is 0 Å². The average molecular weight is 362 g/mol. The molecule has 0 aromatic heterocycles. The SMILES string of the molecule is CCCCCCCCCCCCOC(=O)C1CCCCC1C(=O)[O-].[Na+]. The summed E-state index contributed by atoms with van der Waals surface area (Å²) in [5, 5.41) is 11.1. The molecule has 4 nitrogen and oxygen atoms in total. The number of hydrogen-bond donors (Lipinski definition) is 0. The van der Waals surface area contributed by atoms with Crippen LogP contribution < -0.4 is 34.7 Å². The van der Waals surface area contributed by atoms with Crippen LogP contribution in [0.25, 0.3) is 0 Å². The molecular formula is C20H35NaO4. The van der Waals surface area contributed by atoms with Gasteiger partial charge < -0.3 is 14.6 Å². The first-order chi connectivity index (χ1) is 11.7. The molecule has 0 amide bonds. The van der Waals surface area contributed by atoms with Crippen molar-refractivity contribution in [2.75, 3.05) is 6.61 Å². The Morgan fingerprint density at radius 2 is 1.32 bits per heavy atom. The minimum Gasteiger partial charge on any atom is -0.550 e. The number of carboxylic acid groups (broad SMARTS) is 1. The molecule has 2 atom stereocenters. The Morgan fingerprint density at radius 1 is 0.840 bits per heavy atom. The Balaban J connectivity index is 0.00000576. The number of carbonyl (C=O) groups is 2. The van der Waals surface area contributed by atoms with Crippen molar-refractivity contribution in [3.63, 3.8) is 0 Å². The monoisotopic (exact) mass is 362 g/mol. The van der Waals surface area contributed by atoms with E-state index in [4.69, 9.17) is 4.74 Å². The first-order valence-electron chi connectivity index (χ1n) is 10.0. The second-order valence-corrected chi connectivity index (χ2v) is 7.17. The quantitative estimate of drug-likeness (QED) is 0.279. The van der Waals surface area contributed by atoms with Gasteiger partial charge in [-0.1, -0.05) is 77.6 Å². The number of carboxylic acids is 1. The molecule has 2 unspecified atom stereocenters. The van der Waals surface area contributed by atoms with Gasteiger partial charge in [-0.2, -0.15) is 0 Å².